The Kier molecular flexibility index (Phi) is 6.44. The molecular weight excluding hydrogens is 356 g/mol. The molecule has 3 amide bonds. The van der Waals surface area contributed by atoms with Gasteiger partial charge >= 0.3 is 6.03 Å². The number of thioether (sulfide) groups is 1. The molecule has 0 bridgehead atoms. The molecule has 1 aromatic carbocycles. The smallest absolute Gasteiger partial charge is 0.321 e. The van der Waals surface area contributed by atoms with Crippen molar-refractivity contribution in [2.24, 2.45) is 0 Å². The molecule has 0 spiro atoms. The molecule has 10 heteroatoms. The summed E-state index contributed by atoms with van der Waals surface area (Å²) in [6.07, 6.45) is 0. The van der Waals surface area contributed by atoms with E-state index in [1.165, 1.54) is 7.05 Å². The number of carbonyl (C=O) groups excluding carboxylic acids is 2. The molecular formula is C14H15ClN4O4S. The first-order valence-electron chi connectivity index (χ1n) is 6.88. The van der Waals surface area contributed by atoms with Gasteiger partial charge in [-0.2, -0.15) is 0 Å². The molecule has 24 heavy (non-hydrogen) atoms. The minimum absolute atomic E-state index is 0.0517. The van der Waals surface area contributed by atoms with E-state index in [9.17, 15) is 9.59 Å². The second-order valence-corrected chi connectivity index (χ2v) is 6.21. The Hall–Kier alpha value is -2.26. The Balaban J connectivity index is 1.87. The molecule has 1 atom stereocenters. The fourth-order valence-corrected chi connectivity index (χ4v) is 2.42. The highest BCUT2D eigenvalue weighted by atomic mass is 35.5. The number of aromatic nitrogens is 2. The van der Waals surface area contributed by atoms with Crippen molar-refractivity contribution in [3.05, 3.63) is 35.2 Å². The van der Waals surface area contributed by atoms with Crippen LogP contribution in [0.1, 0.15) is 12.8 Å². The summed E-state index contributed by atoms with van der Waals surface area (Å²) >= 11 is 7.02. The molecule has 0 unspecified atom stereocenters. The Labute approximate surface area is 147 Å². The average Bonchev–Trinajstić information content (AvgIpc) is 3.01. The van der Waals surface area contributed by atoms with Crippen LogP contribution in [-0.2, 0) is 11.4 Å². The lowest BCUT2D eigenvalue weighted by molar-refractivity contribution is -0.119. The number of rotatable bonds is 6. The molecule has 2 N–H and O–H groups in total. The van der Waals surface area contributed by atoms with Gasteiger partial charge in [0.05, 0.1) is 10.3 Å². The monoisotopic (exact) mass is 370 g/mol. The molecule has 0 aliphatic rings. The van der Waals surface area contributed by atoms with Crippen LogP contribution < -0.4 is 15.4 Å². The summed E-state index contributed by atoms with van der Waals surface area (Å²) in [4.78, 5) is 22.8. The van der Waals surface area contributed by atoms with Crippen LogP contribution in [0, 0.1) is 0 Å². The van der Waals surface area contributed by atoms with Crippen LogP contribution >= 0.6 is 23.4 Å². The summed E-state index contributed by atoms with van der Waals surface area (Å²) in [7, 11) is 1.42. The number of nitrogens with one attached hydrogen (secondary N) is 2. The van der Waals surface area contributed by atoms with E-state index in [2.05, 4.69) is 20.8 Å². The number of nitrogens with zero attached hydrogens (tertiary/aromatic N) is 2. The quantitative estimate of drug-likeness (QED) is 0.751. The zero-order valence-electron chi connectivity index (χ0n) is 12.9. The molecule has 1 aromatic heterocycles. The third-order valence-corrected chi connectivity index (χ3v) is 3.99. The van der Waals surface area contributed by atoms with Crippen LogP contribution in [-0.4, -0.2) is 34.4 Å². The number of imide groups is 1. The molecule has 0 radical (unpaired) electrons. The van der Waals surface area contributed by atoms with Crippen molar-refractivity contribution in [3.8, 4) is 5.75 Å². The van der Waals surface area contributed by atoms with Crippen LogP contribution in [0.25, 0.3) is 0 Å². The molecule has 8 nitrogen and oxygen atoms in total. The van der Waals surface area contributed by atoms with Crippen LogP contribution in [0.5, 0.6) is 5.75 Å². The highest BCUT2D eigenvalue weighted by Crippen LogP contribution is 2.25. The third-order valence-electron chi connectivity index (χ3n) is 2.75. The van der Waals surface area contributed by atoms with Gasteiger partial charge in [-0.25, -0.2) is 4.79 Å². The number of hydrogen-bond acceptors (Lipinski definition) is 7. The number of hydrogen-bond donors (Lipinski definition) is 2. The van der Waals surface area contributed by atoms with Gasteiger partial charge in [-0.1, -0.05) is 35.5 Å². The van der Waals surface area contributed by atoms with Crippen LogP contribution in [0.2, 0.25) is 5.02 Å². The predicted octanol–water partition coefficient (Wildman–Crippen LogP) is 2.24. The molecule has 2 rings (SSSR count). The number of carbonyl (C=O) groups is 2. The van der Waals surface area contributed by atoms with E-state index in [4.69, 9.17) is 20.8 Å². The van der Waals surface area contributed by atoms with Gasteiger partial charge in [-0.05, 0) is 19.1 Å². The average molecular weight is 371 g/mol. The molecule has 0 aliphatic heterocycles. The van der Waals surface area contributed by atoms with Crippen molar-refractivity contribution in [3.63, 3.8) is 0 Å². The van der Waals surface area contributed by atoms with E-state index in [1.807, 2.05) is 0 Å². The van der Waals surface area contributed by atoms with Crippen LogP contribution in [0.15, 0.2) is 33.9 Å². The highest BCUT2D eigenvalue weighted by Gasteiger charge is 2.20. The zero-order valence-corrected chi connectivity index (χ0v) is 14.5. The molecule has 0 fully saturated rings. The minimum Gasteiger partial charge on any atom is -0.482 e. The molecule has 0 saturated heterocycles. The van der Waals surface area contributed by atoms with Crippen molar-refractivity contribution in [2.45, 2.75) is 24.0 Å². The van der Waals surface area contributed by atoms with E-state index in [1.54, 1.807) is 31.2 Å². The summed E-state index contributed by atoms with van der Waals surface area (Å²) in [6, 6.07) is 6.44. The summed E-state index contributed by atoms with van der Waals surface area (Å²) in [5.41, 5.74) is 0. The van der Waals surface area contributed by atoms with Crippen LogP contribution in [0.3, 0.4) is 0 Å². The first-order chi connectivity index (χ1) is 11.5. The Morgan fingerprint density at radius 2 is 2.12 bits per heavy atom. The second-order valence-electron chi connectivity index (χ2n) is 4.51. The first-order valence-corrected chi connectivity index (χ1v) is 8.14. The van der Waals surface area contributed by atoms with E-state index >= 15 is 0 Å². The third kappa shape index (κ3) is 5.14. The summed E-state index contributed by atoms with van der Waals surface area (Å²) in [5.74, 6) is 0.285. The van der Waals surface area contributed by atoms with E-state index in [0.29, 0.717) is 10.8 Å². The number of urea groups is 1. The summed E-state index contributed by atoms with van der Waals surface area (Å²) in [5, 5.41) is 12.2. The molecule has 0 saturated carbocycles. The highest BCUT2D eigenvalue weighted by molar-refractivity contribution is 8.00. The lowest BCUT2D eigenvalue weighted by Gasteiger charge is -2.08. The van der Waals surface area contributed by atoms with Gasteiger partial charge < -0.3 is 14.5 Å². The van der Waals surface area contributed by atoms with Gasteiger partial charge in [-0.15, -0.1) is 10.2 Å². The number of para-hydroxylation sites is 1. The molecule has 2 aromatic rings. The lowest BCUT2D eigenvalue weighted by atomic mass is 10.3. The number of amides is 3. The van der Waals surface area contributed by atoms with Gasteiger partial charge in [0.1, 0.15) is 5.75 Å². The van der Waals surface area contributed by atoms with Crippen molar-refractivity contribution < 1.29 is 18.7 Å². The zero-order chi connectivity index (χ0) is 17.5. The maximum Gasteiger partial charge on any atom is 0.321 e. The normalized spacial score (nSPS) is 11.6. The van der Waals surface area contributed by atoms with Crippen LogP contribution in [0.4, 0.5) is 4.79 Å². The number of benzene rings is 1. The van der Waals surface area contributed by atoms with E-state index in [-0.39, 0.29) is 17.7 Å². The fourth-order valence-electron chi connectivity index (χ4n) is 1.53. The number of ether oxygens (including phenoxy) is 1. The molecule has 128 valence electrons. The topological polar surface area (TPSA) is 106 Å². The molecule has 1 heterocycles. The number of halogens is 1. The van der Waals surface area contributed by atoms with Gasteiger partial charge in [0, 0.05) is 7.05 Å². The second kappa shape index (κ2) is 8.55. The van der Waals surface area contributed by atoms with Gasteiger partial charge in [-0.3, -0.25) is 10.1 Å². The predicted molar refractivity (Wildman–Crippen MR) is 88.0 cm³/mol. The van der Waals surface area contributed by atoms with E-state index < -0.39 is 17.2 Å². The Morgan fingerprint density at radius 3 is 2.83 bits per heavy atom. The maximum absolute atomic E-state index is 11.7. The van der Waals surface area contributed by atoms with Crippen molar-refractivity contribution in [2.75, 3.05) is 7.05 Å². The van der Waals surface area contributed by atoms with E-state index in [0.717, 1.165) is 11.8 Å². The van der Waals surface area contributed by atoms with Gasteiger partial charge in [0.25, 0.3) is 11.1 Å². The van der Waals surface area contributed by atoms with Crippen molar-refractivity contribution in [1.82, 2.24) is 20.8 Å². The SMILES string of the molecule is CNC(=O)NC(=O)[C@H](C)Sc1nnc(COc2ccccc2Cl)o1. The summed E-state index contributed by atoms with van der Waals surface area (Å²) in [6.45, 7) is 1.67. The fraction of sp³-hybridized carbons (Fsp3) is 0.286. The first kappa shape index (κ1) is 18.1. The lowest BCUT2D eigenvalue weighted by Crippen LogP contribution is -2.41. The van der Waals surface area contributed by atoms with Gasteiger partial charge in [0.2, 0.25) is 5.91 Å². The standard InChI is InChI=1S/C14H15ClN4O4S/c1-8(12(20)17-13(21)16-2)24-14-19-18-11(23-14)7-22-10-6-4-3-5-9(10)15/h3-6,8H,7H2,1-2H3,(H2,16,17,20,21)/t8-/m0/s1. The Morgan fingerprint density at radius 1 is 1.38 bits per heavy atom. The summed E-state index contributed by atoms with van der Waals surface area (Å²) < 4.78 is 10.9. The minimum atomic E-state index is -0.583. The van der Waals surface area contributed by atoms with Crippen molar-refractivity contribution in [1.29, 1.82) is 0 Å². The van der Waals surface area contributed by atoms with Gasteiger partial charge in [0.15, 0.2) is 6.61 Å². The molecule has 0 aliphatic carbocycles. The largest absolute Gasteiger partial charge is 0.482 e. The maximum atomic E-state index is 11.7. The van der Waals surface area contributed by atoms with Crippen molar-refractivity contribution >= 4 is 35.3 Å². The Bertz CT molecular complexity index is 724.